The quantitative estimate of drug-likeness (QED) is 0.192. The summed E-state index contributed by atoms with van der Waals surface area (Å²) in [5.74, 6) is 1.88. The number of methoxy groups -OCH3 is 1. The van der Waals surface area contributed by atoms with Crippen molar-refractivity contribution in [2.45, 2.75) is 36.6 Å². The number of aromatic nitrogens is 1. The summed E-state index contributed by atoms with van der Waals surface area (Å²) in [5, 5.41) is 8.78. The minimum absolute atomic E-state index is 0. The Hall–Kier alpha value is -0.750. The zero-order chi connectivity index (χ0) is 17.9. The third-order valence-electron chi connectivity index (χ3n) is 3.82. The molecule has 0 bridgehead atoms. The van der Waals surface area contributed by atoms with Crippen molar-refractivity contribution < 1.29 is 9.53 Å². The molecule has 1 aliphatic heterocycles. The molecular formula is C16H28IN5O2S2. The van der Waals surface area contributed by atoms with Crippen molar-refractivity contribution >= 4 is 59.1 Å². The molecule has 1 amide bonds. The Kier molecular flexibility index (Phi) is 12.0. The van der Waals surface area contributed by atoms with Crippen LogP contribution in [0.5, 0.6) is 0 Å². The minimum atomic E-state index is -0.239. The number of aliphatic imine (C=N–C) groups is 1. The molecule has 0 atom stereocenters. The Bertz CT molecular complexity index is 537. The molecule has 1 saturated heterocycles. The van der Waals surface area contributed by atoms with E-state index >= 15 is 0 Å². The first-order valence-electron chi connectivity index (χ1n) is 8.63. The number of piperidine rings is 1. The molecule has 148 valence electrons. The molecule has 2 heterocycles. The summed E-state index contributed by atoms with van der Waals surface area (Å²) in [5.41, 5.74) is 0. The number of likely N-dealkylation sites (tertiary alicyclic amines) is 1. The van der Waals surface area contributed by atoms with Crippen molar-refractivity contribution in [2.75, 3.05) is 39.0 Å². The Labute approximate surface area is 180 Å². The number of hydrogen-bond donors (Lipinski definition) is 2. The van der Waals surface area contributed by atoms with Gasteiger partial charge in [-0.2, -0.15) is 0 Å². The van der Waals surface area contributed by atoms with Crippen LogP contribution in [0.1, 0.15) is 26.2 Å². The predicted molar refractivity (Wildman–Crippen MR) is 119 cm³/mol. The second-order valence-corrected chi connectivity index (χ2v) is 7.87. The topological polar surface area (TPSA) is 78.9 Å². The van der Waals surface area contributed by atoms with Crippen LogP contribution in [0, 0.1) is 0 Å². The molecular weight excluding hydrogens is 485 g/mol. The first-order chi connectivity index (χ1) is 12.2. The Morgan fingerprint density at radius 2 is 2.27 bits per heavy atom. The highest BCUT2D eigenvalue weighted by Gasteiger charge is 2.23. The number of halogens is 1. The first kappa shape index (κ1) is 23.3. The summed E-state index contributed by atoms with van der Waals surface area (Å²) in [7, 11) is 1.43. The van der Waals surface area contributed by atoms with Gasteiger partial charge in [0.05, 0.1) is 7.11 Å². The van der Waals surface area contributed by atoms with E-state index in [1.807, 2.05) is 11.6 Å². The van der Waals surface area contributed by atoms with E-state index in [2.05, 4.69) is 27.5 Å². The van der Waals surface area contributed by atoms with Crippen LogP contribution in [0.25, 0.3) is 0 Å². The standard InChI is InChI=1S/C16H27N5O2S2.HI/c1-3-17-14(18-7-4-11-24-15-19-8-12-25-15)20-13-5-9-21(10-6-13)16(22)23-2;/h8,12-13H,3-7,9-11H2,1-2H3,(H2,17,18,20);1H. The van der Waals surface area contributed by atoms with Crippen molar-refractivity contribution in [3.05, 3.63) is 11.6 Å². The van der Waals surface area contributed by atoms with E-state index in [0.29, 0.717) is 19.1 Å². The molecule has 0 aromatic carbocycles. The molecule has 1 aromatic rings. The summed E-state index contributed by atoms with van der Waals surface area (Å²) >= 11 is 3.46. The van der Waals surface area contributed by atoms with Crippen LogP contribution < -0.4 is 10.6 Å². The number of carbonyl (C=O) groups is 1. The molecule has 0 aliphatic carbocycles. The van der Waals surface area contributed by atoms with E-state index in [1.54, 1.807) is 28.0 Å². The third kappa shape index (κ3) is 8.30. The molecule has 0 spiro atoms. The van der Waals surface area contributed by atoms with Crippen LogP contribution in [0.4, 0.5) is 4.79 Å². The van der Waals surface area contributed by atoms with E-state index in [4.69, 9.17) is 4.74 Å². The number of thiazole rings is 1. The summed E-state index contributed by atoms with van der Waals surface area (Å²) < 4.78 is 5.89. The Morgan fingerprint density at radius 1 is 1.50 bits per heavy atom. The zero-order valence-corrected chi connectivity index (χ0v) is 19.2. The molecule has 0 saturated carbocycles. The molecule has 1 fully saturated rings. The average Bonchev–Trinajstić information content (AvgIpc) is 3.15. The maximum atomic E-state index is 11.5. The SMILES string of the molecule is CCNC(=NCCCSc1nccs1)NC1CCN(C(=O)OC)CC1.I. The fourth-order valence-electron chi connectivity index (χ4n) is 2.55. The highest BCUT2D eigenvalue weighted by molar-refractivity contribution is 14.0. The lowest BCUT2D eigenvalue weighted by Gasteiger charge is -2.32. The minimum Gasteiger partial charge on any atom is -0.453 e. The van der Waals surface area contributed by atoms with Crippen LogP contribution in [-0.2, 0) is 4.74 Å². The van der Waals surface area contributed by atoms with Crippen molar-refractivity contribution in [1.82, 2.24) is 20.5 Å². The van der Waals surface area contributed by atoms with Crippen molar-refractivity contribution in [1.29, 1.82) is 0 Å². The van der Waals surface area contributed by atoms with E-state index in [0.717, 1.165) is 48.4 Å². The fraction of sp³-hybridized carbons (Fsp3) is 0.688. The number of nitrogens with one attached hydrogen (secondary N) is 2. The van der Waals surface area contributed by atoms with Crippen molar-refractivity contribution in [2.24, 2.45) is 4.99 Å². The normalized spacial score (nSPS) is 15.3. The fourth-order valence-corrected chi connectivity index (χ4v) is 4.18. The van der Waals surface area contributed by atoms with Gasteiger partial charge in [0, 0.05) is 49.6 Å². The number of thioether (sulfide) groups is 1. The van der Waals surface area contributed by atoms with Gasteiger partial charge in [-0.1, -0.05) is 11.8 Å². The molecule has 26 heavy (non-hydrogen) atoms. The van der Waals surface area contributed by atoms with Gasteiger partial charge in [-0.15, -0.1) is 35.3 Å². The lowest BCUT2D eigenvalue weighted by molar-refractivity contribution is 0.111. The van der Waals surface area contributed by atoms with E-state index < -0.39 is 0 Å². The second kappa shape index (κ2) is 13.4. The van der Waals surface area contributed by atoms with Crippen LogP contribution in [0.3, 0.4) is 0 Å². The zero-order valence-electron chi connectivity index (χ0n) is 15.3. The lowest BCUT2D eigenvalue weighted by Crippen LogP contribution is -2.49. The number of amides is 1. The highest BCUT2D eigenvalue weighted by Crippen LogP contribution is 2.20. The molecule has 10 heteroatoms. The van der Waals surface area contributed by atoms with Gasteiger partial charge in [-0.05, 0) is 26.2 Å². The van der Waals surface area contributed by atoms with Gasteiger partial charge in [-0.3, -0.25) is 4.99 Å². The molecule has 1 aromatic heterocycles. The van der Waals surface area contributed by atoms with Crippen molar-refractivity contribution in [3.63, 3.8) is 0 Å². The van der Waals surface area contributed by atoms with Gasteiger partial charge in [0.1, 0.15) is 4.34 Å². The molecule has 0 unspecified atom stereocenters. The highest BCUT2D eigenvalue weighted by atomic mass is 127. The molecule has 1 aliphatic rings. The van der Waals surface area contributed by atoms with Gasteiger partial charge in [-0.25, -0.2) is 9.78 Å². The van der Waals surface area contributed by atoms with Crippen LogP contribution in [0.15, 0.2) is 20.9 Å². The third-order valence-corrected chi connectivity index (χ3v) is 5.87. The Morgan fingerprint density at radius 3 is 2.88 bits per heavy atom. The van der Waals surface area contributed by atoms with Crippen molar-refractivity contribution in [3.8, 4) is 0 Å². The van der Waals surface area contributed by atoms with Crippen LogP contribution in [0.2, 0.25) is 0 Å². The smallest absolute Gasteiger partial charge is 0.409 e. The largest absolute Gasteiger partial charge is 0.453 e. The van der Waals surface area contributed by atoms with Gasteiger partial charge in [0.2, 0.25) is 0 Å². The van der Waals surface area contributed by atoms with Gasteiger partial charge in [0.25, 0.3) is 0 Å². The molecule has 0 radical (unpaired) electrons. The van der Waals surface area contributed by atoms with Crippen LogP contribution in [-0.4, -0.2) is 67.0 Å². The summed E-state index contributed by atoms with van der Waals surface area (Å²) in [6.45, 7) is 5.12. The number of hydrogen-bond acceptors (Lipinski definition) is 6. The predicted octanol–water partition coefficient (Wildman–Crippen LogP) is 3.03. The number of guanidine groups is 1. The van der Waals surface area contributed by atoms with Gasteiger partial charge >= 0.3 is 6.09 Å². The monoisotopic (exact) mass is 513 g/mol. The maximum absolute atomic E-state index is 11.5. The lowest BCUT2D eigenvalue weighted by atomic mass is 10.1. The molecule has 2 N–H and O–H groups in total. The number of carbonyl (C=O) groups excluding carboxylic acids is 1. The maximum Gasteiger partial charge on any atom is 0.409 e. The summed E-state index contributed by atoms with van der Waals surface area (Å²) in [4.78, 5) is 22.2. The molecule has 2 rings (SSSR count). The van der Waals surface area contributed by atoms with Crippen LogP contribution >= 0.6 is 47.1 Å². The average molecular weight is 513 g/mol. The number of nitrogens with zero attached hydrogens (tertiary/aromatic N) is 3. The summed E-state index contributed by atoms with van der Waals surface area (Å²) in [6, 6.07) is 0.336. The van der Waals surface area contributed by atoms with Gasteiger partial charge < -0.3 is 20.3 Å². The number of ether oxygens (including phenoxy) is 1. The first-order valence-corrected chi connectivity index (χ1v) is 10.5. The molecule has 7 nitrogen and oxygen atoms in total. The van der Waals surface area contributed by atoms with Gasteiger partial charge in [0.15, 0.2) is 5.96 Å². The second-order valence-electron chi connectivity index (χ2n) is 5.64. The Balaban J connectivity index is 0.00000338. The van der Waals surface area contributed by atoms with E-state index in [9.17, 15) is 4.79 Å². The summed E-state index contributed by atoms with van der Waals surface area (Å²) in [6.07, 6.45) is 4.42. The van der Waals surface area contributed by atoms with E-state index in [-0.39, 0.29) is 30.1 Å². The number of rotatable bonds is 7. The van der Waals surface area contributed by atoms with E-state index in [1.165, 1.54) is 7.11 Å².